The van der Waals surface area contributed by atoms with Crippen LogP contribution in [-0.4, -0.2) is 6.54 Å². The molecule has 2 rings (SSSR count). The number of rotatable bonds is 0. The van der Waals surface area contributed by atoms with E-state index in [1.165, 1.54) is 10.6 Å². The van der Waals surface area contributed by atoms with Crippen LogP contribution in [0.1, 0.15) is 5.56 Å². The Morgan fingerprint density at radius 3 is 3.50 bits per heavy atom. The molecule has 2 nitrogen and oxygen atoms in total. The van der Waals surface area contributed by atoms with Crippen molar-refractivity contribution in [3.63, 3.8) is 0 Å². The van der Waals surface area contributed by atoms with Gasteiger partial charge in [0.15, 0.2) is 0 Å². The summed E-state index contributed by atoms with van der Waals surface area (Å²) in [6, 6.07) is 2.11. The van der Waals surface area contributed by atoms with Crippen LogP contribution < -0.4 is 10.9 Å². The maximum atomic E-state index is 3.11. The predicted molar refractivity (Wildman–Crippen MR) is 45.0 cm³/mol. The van der Waals surface area contributed by atoms with Gasteiger partial charge in [0.05, 0.1) is 0 Å². The van der Waals surface area contributed by atoms with Gasteiger partial charge in [0.25, 0.3) is 0 Å². The molecule has 0 atom stereocenters. The Bertz CT molecular complexity index is 252. The monoisotopic (exact) mass is 152 g/mol. The molecule has 1 aliphatic heterocycles. The number of hydrogen-bond donors (Lipinski definition) is 2. The molecule has 0 aromatic carbocycles. The summed E-state index contributed by atoms with van der Waals surface area (Å²) in [6.45, 7) is 0.890. The lowest BCUT2D eigenvalue weighted by Gasteiger charge is -2.00. The second-order valence-corrected chi connectivity index (χ2v) is 3.03. The van der Waals surface area contributed by atoms with Crippen molar-refractivity contribution < 1.29 is 0 Å². The van der Waals surface area contributed by atoms with E-state index in [4.69, 9.17) is 0 Å². The minimum Gasteiger partial charge on any atom is -0.312 e. The summed E-state index contributed by atoms with van der Waals surface area (Å²) in [5.41, 5.74) is 7.45. The first-order valence-corrected chi connectivity index (χ1v) is 4.08. The van der Waals surface area contributed by atoms with E-state index in [9.17, 15) is 0 Å². The quantitative estimate of drug-likeness (QED) is 0.591. The van der Waals surface area contributed by atoms with Crippen LogP contribution in [0.2, 0.25) is 0 Å². The van der Waals surface area contributed by atoms with Crippen LogP contribution >= 0.6 is 11.3 Å². The van der Waals surface area contributed by atoms with Crippen molar-refractivity contribution in [2.24, 2.45) is 0 Å². The normalized spacial score (nSPS) is 15.6. The number of anilines is 1. The van der Waals surface area contributed by atoms with Crippen molar-refractivity contribution in [1.82, 2.24) is 5.43 Å². The summed E-state index contributed by atoms with van der Waals surface area (Å²) in [6.07, 6.45) is 4.23. The molecule has 0 aliphatic carbocycles. The maximum absolute atomic E-state index is 3.11. The summed E-state index contributed by atoms with van der Waals surface area (Å²) >= 11 is 1.71. The minimum absolute atomic E-state index is 0.890. The SMILES string of the molecule is C1=Cc2ccsc2NNC1. The molecule has 1 aromatic rings. The van der Waals surface area contributed by atoms with Crippen LogP contribution in [0, 0.1) is 0 Å². The third-order valence-electron chi connectivity index (χ3n) is 1.41. The van der Waals surface area contributed by atoms with Gasteiger partial charge >= 0.3 is 0 Å². The van der Waals surface area contributed by atoms with Crippen LogP contribution in [0.25, 0.3) is 6.08 Å². The average Bonchev–Trinajstić information content (AvgIpc) is 2.28. The largest absolute Gasteiger partial charge is 0.312 e. The Morgan fingerprint density at radius 1 is 1.50 bits per heavy atom. The molecule has 1 aromatic heterocycles. The molecule has 0 saturated carbocycles. The molecule has 3 heteroatoms. The fourth-order valence-electron chi connectivity index (χ4n) is 0.928. The van der Waals surface area contributed by atoms with Gasteiger partial charge < -0.3 is 5.43 Å². The third-order valence-corrected chi connectivity index (χ3v) is 2.26. The van der Waals surface area contributed by atoms with Gasteiger partial charge in [0, 0.05) is 12.1 Å². The summed E-state index contributed by atoms with van der Waals surface area (Å²) < 4.78 is 0. The van der Waals surface area contributed by atoms with Crippen molar-refractivity contribution in [2.75, 3.05) is 12.0 Å². The molecule has 0 bridgehead atoms. The fourth-order valence-corrected chi connectivity index (χ4v) is 1.68. The summed E-state index contributed by atoms with van der Waals surface area (Å²) in [7, 11) is 0. The van der Waals surface area contributed by atoms with E-state index in [0.717, 1.165) is 6.54 Å². The Balaban J connectivity index is 2.42. The third kappa shape index (κ3) is 0.936. The Labute approximate surface area is 63.5 Å². The number of nitrogens with one attached hydrogen (secondary N) is 2. The van der Waals surface area contributed by atoms with E-state index in [2.05, 4.69) is 34.5 Å². The van der Waals surface area contributed by atoms with Gasteiger partial charge in [-0.1, -0.05) is 12.2 Å². The van der Waals surface area contributed by atoms with E-state index < -0.39 is 0 Å². The molecule has 0 fully saturated rings. The lowest BCUT2D eigenvalue weighted by atomic mass is 10.3. The molecule has 1 aliphatic rings. The van der Waals surface area contributed by atoms with Crippen molar-refractivity contribution in [3.05, 3.63) is 23.1 Å². The molecule has 52 valence electrons. The lowest BCUT2D eigenvalue weighted by molar-refractivity contribution is 0.907. The Morgan fingerprint density at radius 2 is 2.50 bits per heavy atom. The van der Waals surface area contributed by atoms with Gasteiger partial charge in [-0.25, -0.2) is 5.43 Å². The summed E-state index contributed by atoms with van der Waals surface area (Å²) in [4.78, 5) is 0. The second-order valence-electron chi connectivity index (χ2n) is 2.11. The molecule has 2 N–H and O–H groups in total. The highest BCUT2D eigenvalue weighted by Crippen LogP contribution is 2.24. The highest BCUT2D eigenvalue weighted by molar-refractivity contribution is 7.14. The standard InChI is InChI=1S/C7H8N2S/c1-2-6-3-5-10-7(6)9-8-4-1/h1-3,5,8-9H,4H2. The lowest BCUT2D eigenvalue weighted by Crippen LogP contribution is -2.19. The van der Waals surface area contributed by atoms with Crippen LogP contribution in [0.3, 0.4) is 0 Å². The number of thiophene rings is 1. The Kier molecular flexibility index (Phi) is 1.45. The number of fused-ring (bicyclic) bond motifs is 1. The van der Waals surface area contributed by atoms with E-state index >= 15 is 0 Å². The van der Waals surface area contributed by atoms with Gasteiger partial charge in [-0.05, 0) is 11.4 Å². The highest BCUT2D eigenvalue weighted by Gasteiger charge is 2.01. The molecular weight excluding hydrogens is 144 g/mol. The number of hydrazine groups is 1. The zero-order valence-corrected chi connectivity index (χ0v) is 6.24. The highest BCUT2D eigenvalue weighted by atomic mass is 32.1. The average molecular weight is 152 g/mol. The van der Waals surface area contributed by atoms with Gasteiger partial charge in [-0.3, -0.25) is 0 Å². The van der Waals surface area contributed by atoms with Gasteiger partial charge in [0.1, 0.15) is 5.00 Å². The molecule has 0 spiro atoms. The van der Waals surface area contributed by atoms with Crippen LogP contribution in [0.15, 0.2) is 17.5 Å². The van der Waals surface area contributed by atoms with E-state index in [1.54, 1.807) is 11.3 Å². The first-order chi connectivity index (χ1) is 4.97. The molecule has 0 amide bonds. The van der Waals surface area contributed by atoms with Crippen LogP contribution in [-0.2, 0) is 0 Å². The van der Waals surface area contributed by atoms with Crippen LogP contribution in [0.5, 0.6) is 0 Å². The molecule has 0 unspecified atom stereocenters. The smallest absolute Gasteiger partial charge is 0.110 e. The van der Waals surface area contributed by atoms with Crippen molar-refractivity contribution in [3.8, 4) is 0 Å². The van der Waals surface area contributed by atoms with Gasteiger partial charge in [-0.15, -0.1) is 11.3 Å². The van der Waals surface area contributed by atoms with Gasteiger partial charge in [0.2, 0.25) is 0 Å². The van der Waals surface area contributed by atoms with Gasteiger partial charge in [-0.2, -0.15) is 0 Å². The minimum atomic E-state index is 0.890. The molecule has 0 radical (unpaired) electrons. The van der Waals surface area contributed by atoms with E-state index in [0.29, 0.717) is 0 Å². The first-order valence-electron chi connectivity index (χ1n) is 3.20. The second kappa shape index (κ2) is 2.44. The van der Waals surface area contributed by atoms with Crippen molar-refractivity contribution in [2.45, 2.75) is 0 Å². The number of hydrogen-bond acceptors (Lipinski definition) is 3. The predicted octanol–water partition coefficient (Wildman–Crippen LogP) is 1.69. The molecule has 0 saturated heterocycles. The first kappa shape index (κ1) is 5.95. The molecule has 2 heterocycles. The molecule has 10 heavy (non-hydrogen) atoms. The van der Waals surface area contributed by atoms with Crippen LogP contribution in [0.4, 0.5) is 5.00 Å². The topological polar surface area (TPSA) is 24.1 Å². The summed E-state index contributed by atoms with van der Waals surface area (Å²) in [5, 5.41) is 3.28. The van der Waals surface area contributed by atoms with E-state index in [-0.39, 0.29) is 0 Å². The zero-order valence-electron chi connectivity index (χ0n) is 5.42. The maximum Gasteiger partial charge on any atom is 0.110 e. The van der Waals surface area contributed by atoms with Crippen molar-refractivity contribution >= 4 is 22.4 Å². The fraction of sp³-hybridized carbons (Fsp3) is 0.143. The summed E-state index contributed by atoms with van der Waals surface area (Å²) in [5.74, 6) is 0. The Hall–Kier alpha value is -0.800. The van der Waals surface area contributed by atoms with Crippen molar-refractivity contribution in [1.29, 1.82) is 0 Å². The zero-order chi connectivity index (χ0) is 6.81. The molecular formula is C7H8N2S. The van der Waals surface area contributed by atoms with E-state index in [1.807, 2.05) is 0 Å².